The monoisotopic (exact) mass is 398 g/mol. The standard InChI is InChI=1S/C20H29F3N4O/c1-3-15-16(25-14-8-19(9-14)6-13(24)7-19)4-5-18(26-15)27-10-12(2)28-17(11-27)20(21,22)23/h4-5,12-14,17,25H,3,6-11,24H2,1-2H3. The van der Waals surface area contributed by atoms with Crippen molar-refractivity contribution in [2.75, 3.05) is 23.3 Å². The van der Waals surface area contributed by atoms with Crippen molar-refractivity contribution >= 4 is 11.5 Å². The number of aryl methyl sites for hydroxylation is 1. The first-order valence-corrected chi connectivity index (χ1v) is 10.2. The molecule has 1 aliphatic heterocycles. The zero-order valence-electron chi connectivity index (χ0n) is 16.4. The van der Waals surface area contributed by atoms with E-state index in [0.717, 1.165) is 43.5 Å². The zero-order valence-corrected chi connectivity index (χ0v) is 16.4. The average molecular weight is 398 g/mol. The molecule has 3 fully saturated rings. The molecule has 3 N–H and O–H groups in total. The Bertz CT molecular complexity index is 712. The molecule has 2 saturated carbocycles. The van der Waals surface area contributed by atoms with Crippen LogP contribution in [-0.4, -0.2) is 48.5 Å². The van der Waals surface area contributed by atoms with Crippen LogP contribution in [0.3, 0.4) is 0 Å². The molecule has 2 atom stereocenters. The van der Waals surface area contributed by atoms with Crippen molar-refractivity contribution in [3.63, 3.8) is 0 Å². The molecule has 2 unspecified atom stereocenters. The van der Waals surface area contributed by atoms with Crippen LogP contribution < -0.4 is 16.0 Å². The molecule has 1 saturated heterocycles. The fourth-order valence-corrected chi connectivity index (χ4v) is 5.08. The maximum atomic E-state index is 13.1. The van der Waals surface area contributed by atoms with Gasteiger partial charge in [-0.15, -0.1) is 0 Å². The third-order valence-electron chi connectivity index (χ3n) is 6.35. The molecule has 0 bridgehead atoms. The minimum atomic E-state index is -4.37. The Balaban J connectivity index is 1.43. The molecule has 4 rings (SSSR count). The van der Waals surface area contributed by atoms with Crippen LogP contribution in [0.25, 0.3) is 0 Å². The summed E-state index contributed by atoms with van der Waals surface area (Å²) in [7, 11) is 0. The summed E-state index contributed by atoms with van der Waals surface area (Å²) in [4.78, 5) is 6.36. The van der Waals surface area contributed by atoms with Crippen molar-refractivity contribution in [2.45, 2.75) is 76.4 Å². The summed E-state index contributed by atoms with van der Waals surface area (Å²) >= 11 is 0. The van der Waals surface area contributed by atoms with E-state index in [1.165, 1.54) is 0 Å². The van der Waals surface area contributed by atoms with E-state index in [9.17, 15) is 13.2 Å². The second-order valence-electron chi connectivity index (χ2n) is 8.82. The van der Waals surface area contributed by atoms with Gasteiger partial charge in [-0.05, 0) is 56.6 Å². The predicted octanol–water partition coefficient (Wildman–Crippen LogP) is 3.48. The normalized spacial score (nSPS) is 35.4. The predicted molar refractivity (Wildman–Crippen MR) is 103 cm³/mol. The van der Waals surface area contributed by atoms with Gasteiger partial charge in [0.1, 0.15) is 5.82 Å². The third kappa shape index (κ3) is 3.81. The van der Waals surface area contributed by atoms with Crippen LogP contribution in [0.15, 0.2) is 12.1 Å². The molecule has 2 heterocycles. The number of alkyl halides is 3. The molecule has 1 spiro atoms. The van der Waals surface area contributed by atoms with Crippen molar-refractivity contribution in [1.29, 1.82) is 0 Å². The molecule has 28 heavy (non-hydrogen) atoms. The van der Waals surface area contributed by atoms with E-state index >= 15 is 0 Å². The van der Waals surface area contributed by atoms with Gasteiger partial charge in [-0.1, -0.05) is 6.92 Å². The van der Waals surface area contributed by atoms with Crippen molar-refractivity contribution in [2.24, 2.45) is 11.1 Å². The fourth-order valence-electron chi connectivity index (χ4n) is 5.08. The molecule has 0 radical (unpaired) electrons. The number of pyridine rings is 1. The Labute approximate surface area is 163 Å². The molecular formula is C20H29F3N4O. The lowest BCUT2D eigenvalue weighted by Crippen LogP contribution is -2.57. The van der Waals surface area contributed by atoms with Gasteiger partial charge < -0.3 is 20.7 Å². The van der Waals surface area contributed by atoms with E-state index in [-0.39, 0.29) is 6.54 Å². The highest BCUT2D eigenvalue weighted by atomic mass is 19.4. The summed E-state index contributed by atoms with van der Waals surface area (Å²) in [5, 5.41) is 3.58. The van der Waals surface area contributed by atoms with Gasteiger partial charge in [-0.3, -0.25) is 0 Å². The minimum absolute atomic E-state index is 0.220. The number of hydrogen-bond acceptors (Lipinski definition) is 5. The molecule has 0 aromatic carbocycles. The molecule has 1 aromatic rings. The van der Waals surface area contributed by atoms with Crippen molar-refractivity contribution in [3.05, 3.63) is 17.8 Å². The number of morpholine rings is 1. The van der Waals surface area contributed by atoms with Gasteiger partial charge in [-0.25, -0.2) is 4.98 Å². The lowest BCUT2D eigenvalue weighted by Gasteiger charge is -2.57. The number of anilines is 2. The van der Waals surface area contributed by atoms with E-state index < -0.39 is 18.4 Å². The number of nitrogens with one attached hydrogen (secondary N) is 1. The maximum Gasteiger partial charge on any atom is 0.416 e. The summed E-state index contributed by atoms with van der Waals surface area (Å²) in [6, 6.07) is 4.58. The van der Waals surface area contributed by atoms with Crippen LogP contribution in [0.1, 0.15) is 45.2 Å². The highest BCUT2D eigenvalue weighted by molar-refractivity contribution is 5.55. The van der Waals surface area contributed by atoms with E-state index in [1.54, 1.807) is 11.8 Å². The number of ether oxygens (including phenoxy) is 1. The molecule has 5 nitrogen and oxygen atoms in total. The average Bonchev–Trinajstić information content (AvgIpc) is 2.57. The van der Waals surface area contributed by atoms with Crippen LogP contribution in [-0.2, 0) is 11.2 Å². The first-order chi connectivity index (χ1) is 13.2. The number of hydrogen-bond donors (Lipinski definition) is 2. The highest BCUT2D eigenvalue weighted by Gasteiger charge is 2.51. The Morgan fingerprint density at radius 3 is 2.57 bits per heavy atom. The molecule has 2 aliphatic carbocycles. The Morgan fingerprint density at radius 2 is 1.96 bits per heavy atom. The molecule has 8 heteroatoms. The first-order valence-electron chi connectivity index (χ1n) is 10.2. The second kappa shape index (κ2) is 7.06. The SMILES string of the molecule is CCc1nc(N2CC(C)OC(C(F)(F)F)C2)ccc1NC1CC2(CC(N)C2)C1. The van der Waals surface area contributed by atoms with Crippen molar-refractivity contribution < 1.29 is 17.9 Å². The summed E-state index contributed by atoms with van der Waals surface area (Å²) in [6.07, 6.45) is -1.39. The molecular weight excluding hydrogens is 369 g/mol. The largest absolute Gasteiger partial charge is 0.416 e. The van der Waals surface area contributed by atoms with Gasteiger partial charge >= 0.3 is 6.18 Å². The second-order valence-corrected chi connectivity index (χ2v) is 8.82. The lowest BCUT2D eigenvalue weighted by molar-refractivity contribution is -0.233. The minimum Gasteiger partial charge on any atom is -0.381 e. The van der Waals surface area contributed by atoms with E-state index in [2.05, 4.69) is 10.3 Å². The molecule has 156 valence electrons. The van der Waals surface area contributed by atoms with E-state index in [4.69, 9.17) is 10.5 Å². The highest BCUT2D eigenvalue weighted by Crippen LogP contribution is 2.56. The number of nitrogens with two attached hydrogens (primary N) is 1. The van der Waals surface area contributed by atoms with Crippen molar-refractivity contribution in [1.82, 2.24) is 4.98 Å². The Kier molecular flexibility index (Phi) is 4.98. The lowest BCUT2D eigenvalue weighted by atomic mass is 9.52. The van der Waals surface area contributed by atoms with Crippen LogP contribution in [0.2, 0.25) is 0 Å². The summed E-state index contributed by atoms with van der Waals surface area (Å²) in [6.45, 7) is 3.87. The molecule has 3 aliphatic rings. The summed E-state index contributed by atoms with van der Waals surface area (Å²) < 4.78 is 44.5. The molecule has 0 amide bonds. The fraction of sp³-hybridized carbons (Fsp3) is 0.750. The first kappa shape index (κ1) is 19.8. The number of nitrogens with zero attached hydrogens (tertiary/aromatic N) is 2. The van der Waals surface area contributed by atoms with Crippen LogP contribution >= 0.6 is 0 Å². The van der Waals surface area contributed by atoms with Crippen LogP contribution in [0, 0.1) is 5.41 Å². The number of halogens is 3. The van der Waals surface area contributed by atoms with E-state index in [1.807, 2.05) is 19.1 Å². The Morgan fingerprint density at radius 1 is 1.25 bits per heavy atom. The van der Waals surface area contributed by atoms with Gasteiger partial charge in [0, 0.05) is 18.6 Å². The topological polar surface area (TPSA) is 63.4 Å². The maximum absolute atomic E-state index is 13.1. The summed E-state index contributed by atoms with van der Waals surface area (Å²) in [5.74, 6) is 0.585. The van der Waals surface area contributed by atoms with Gasteiger partial charge in [0.05, 0.1) is 24.0 Å². The van der Waals surface area contributed by atoms with Crippen LogP contribution in [0.4, 0.5) is 24.7 Å². The zero-order chi connectivity index (χ0) is 20.1. The van der Waals surface area contributed by atoms with Gasteiger partial charge in [0.15, 0.2) is 6.10 Å². The van der Waals surface area contributed by atoms with Gasteiger partial charge in [-0.2, -0.15) is 13.2 Å². The number of rotatable bonds is 4. The molecule has 1 aromatic heterocycles. The van der Waals surface area contributed by atoms with Crippen molar-refractivity contribution in [3.8, 4) is 0 Å². The van der Waals surface area contributed by atoms with Gasteiger partial charge in [0.25, 0.3) is 0 Å². The van der Waals surface area contributed by atoms with E-state index in [0.29, 0.717) is 29.9 Å². The smallest absolute Gasteiger partial charge is 0.381 e. The quantitative estimate of drug-likeness (QED) is 0.813. The summed E-state index contributed by atoms with van der Waals surface area (Å²) in [5.41, 5.74) is 8.26. The third-order valence-corrected chi connectivity index (χ3v) is 6.35. The number of aromatic nitrogens is 1. The van der Waals surface area contributed by atoms with Crippen LogP contribution in [0.5, 0.6) is 0 Å². The Hall–Kier alpha value is -1.54. The van der Waals surface area contributed by atoms with Gasteiger partial charge in [0.2, 0.25) is 0 Å².